The topological polar surface area (TPSA) is 161 Å². The van der Waals surface area contributed by atoms with Gasteiger partial charge in [0.2, 0.25) is 0 Å². The van der Waals surface area contributed by atoms with Crippen LogP contribution >= 0.6 is 0 Å². The minimum Gasteiger partial charge on any atom is -0.304 e. The van der Waals surface area contributed by atoms with Crippen molar-refractivity contribution in [2.75, 3.05) is 0 Å². The number of halogens is 11. The number of benzene rings is 10. The molecule has 0 bridgehead atoms. The van der Waals surface area contributed by atoms with E-state index in [4.69, 9.17) is 31.8 Å². The fourth-order valence-electron chi connectivity index (χ4n) is 6.95. The third-order valence-corrected chi connectivity index (χ3v) is 10.5. The summed E-state index contributed by atoms with van der Waals surface area (Å²) in [6.07, 6.45) is 3.64. The van der Waals surface area contributed by atoms with Crippen molar-refractivity contribution in [2.24, 2.45) is 0 Å². The molecule has 0 atom stereocenters. The number of ketones is 2. The van der Waals surface area contributed by atoms with Crippen molar-refractivity contribution in [1.29, 1.82) is 0 Å². The number of aromatic nitrogens is 2. The first-order valence-corrected chi connectivity index (χ1v) is 25.9. The van der Waals surface area contributed by atoms with Gasteiger partial charge in [-0.15, -0.1) is 92.5 Å². The van der Waals surface area contributed by atoms with Gasteiger partial charge in [0.15, 0.2) is 11.4 Å². The van der Waals surface area contributed by atoms with Crippen molar-refractivity contribution in [3.05, 3.63) is 288 Å². The van der Waals surface area contributed by atoms with Crippen LogP contribution in [0.2, 0.25) is 0 Å². The molecule has 0 radical (unpaired) electrons. The van der Waals surface area contributed by atoms with Crippen molar-refractivity contribution in [2.45, 2.75) is 27.7 Å². The Kier molecular flexibility index (Phi) is 35.4. The normalized spacial score (nSPS) is 9.69. The van der Waals surface area contributed by atoms with Crippen LogP contribution in [0.4, 0.5) is 55.3 Å². The summed E-state index contributed by atoms with van der Waals surface area (Å²) in [6, 6.07) is 64.5. The Labute approximate surface area is 555 Å². The van der Waals surface area contributed by atoms with Gasteiger partial charge in [-0.05, 0) is 95.3 Å². The molecule has 0 aliphatic carbocycles. The first-order valence-electron chi connectivity index (χ1n) is 24.6. The van der Waals surface area contributed by atoms with Crippen LogP contribution in [0.25, 0.3) is 74.6 Å². The minimum absolute atomic E-state index is 0. The van der Waals surface area contributed by atoms with Crippen molar-refractivity contribution < 1.29 is 147 Å². The molecule has 12 aromatic rings. The molecule has 24 heteroatoms. The second kappa shape index (κ2) is 39.8. The fourth-order valence-corrected chi connectivity index (χ4v) is 6.95. The van der Waals surface area contributed by atoms with E-state index in [1.807, 2.05) is 134 Å². The molecule has 0 aliphatic rings. The summed E-state index contributed by atoms with van der Waals surface area (Å²) in [4.78, 5) is 34.4. The van der Waals surface area contributed by atoms with Crippen LogP contribution in [0.5, 0.6) is 0 Å². The van der Waals surface area contributed by atoms with Gasteiger partial charge >= 0.3 is 64.5 Å². The predicted molar refractivity (Wildman–Crippen MR) is 299 cm³/mol. The molecule has 0 unspecified atom stereocenters. The van der Waals surface area contributed by atoms with Crippen molar-refractivity contribution in [1.82, 2.24) is 9.97 Å². The maximum atomic E-state index is 12.0. The monoisotopic (exact) mass is 1710 g/mol. The van der Waals surface area contributed by atoms with Crippen LogP contribution in [-0.4, -0.2) is 21.5 Å². The van der Waals surface area contributed by atoms with Gasteiger partial charge in [-0.3, -0.25) is 17.6 Å². The smallest absolute Gasteiger partial charge is 0.304 e. The van der Waals surface area contributed by atoms with E-state index in [-0.39, 0.29) is 76.1 Å². The van der Waals surface area contributed by atoms with Gasteiger partial charge < -0.3 is 19.6 Å². The van der Waals surface area contributed by atoms with E-state index < -0.39 is 68.4 Å². The summed E-state index contributed by atoms with van der Waals surface area (Å²) in [6.45, 7) is 19.8. The van der Waals surface area contributed by atoms with E-state index in [1.165, 1.54) is 60.0 Å². The molecule has 0 saturated heterocycles. The van der Waals surface area contributed by atoms with E-state index in [9.17, 15) is 53.5 Å². The zero-order chi connectivity index (χ0) is 64.4. The molecule has 0 saturated carbocycles. The molecule has 470 valence electrons. The van der Waals surface area contributed by atoms with Gasteiger partial charge in [-0.25, -0.2) is 54.7 Å². The van der Waals surface area contributed by atoms with E-state index in [0.717, 1.165) is 44.7 Å². The molecule has 2 heterocycles. The molecular formula is C66H42AgClF10N4O6Pt2. The molecule has 0 N–H and O–H groups in total. The largest absolute Gasteiger partial charge is 2.00 e. The molecule has 0 spiro atoms. The number of Topliss-reactive ketones (excluding diaryl/α,β-unsaturated/α-hetero) is 2. The van der Waals surface area contributed by atoms with Gasteiger partial charge in [0, 0.05) is 12.4 Å². The van der Waals surface area contributed by atoms with Crippen molar-refractivity contribution in [3.63, 3.8) is 0 Å². The summed E-state index contributed by atoms with van der Waals surface area (Å²) in [7, 11) is -4.94. The summed E-state index contributed by atoms with van der Waals surface area (Å²) in [5.74, 6) is -19.8. The van der Waals surface area contributed by atoms with Gasteiger partial charge in [0.25, 0.3) is 0 Å². The van der Waals surface area contributed by atoms with Gasteiger partial charge in [-0.1, -0.05) is 109 Å². The number of fused-ring (bicyclic) bond motifs is 8. The maximum absolute atomic E-state index is 12.0. The third-order valence-electron chi connectivity index (χ3n) is 10.5. The fraction of sp³-hybridized carbons (Fsp3) is 0.0606. The minimum atomic E-state index is -4.94. The third kappa shape index (κ3) is 26.2. The Morgan fingerprint density at radius 1 is 0.400 bits per heavy atom. The van der Waals surface area contributed by atoms with Crippen LogP contribution in [0.15, 0.2) is 182 Å². The maximum Gasteiger partial charge on any atom is 2.00 e. The molecule has 12 rings (SSSR count). The number of hydrogen-bond acceptors (Lipinski definition) is 8. The molecule has 90 heavy (non-hydrogen) atoms. The molecule has 2 aromatic heterocycles. The van der Waals surface area contributed by atoms with E-state index in [1.54, 1.807) is 0 Å². The number of nitrogens with zero attached hydrogens (tertiary/aromatic N) is 4. The van der Waals surface area contributed by atoms with Gasteiger partial charge in [0.05, 0.1) is 71.3 Å². The predicted octanol–water partition coefficient (Wildman–Crippen LogP) is 13.9. The Balaban J connectivity index is 0.000000517. The second-order valence-corrected chi connectivity index (χ2v) is 18.2. The number of hydrogen-bond donors (Lipinski definition) is 0. The Morgan fingerprint density at radius 2 is 0.656 bits per heavy atom. The standard InChI is InChI=1S/2C13H8N.2C11H7N.2C6F5.2C3H6O.Ag.ClHO4.2Pt/c2*1-2-6-12-10(4-1)7-8-11-5-3-9-14-13(11)12;2*1-12-11-7-6-9-4-2-3-5-10(9)8-11;2*7-2-1-3(8)5(10)6(11)4(2)9;2*1-3(2)4;;2-1(3,4)5;;/h2*1-5,7-9H;2*2-8H;;;2*1-2H3;;(H,2,3,4,5);;/q2*-1;;;2*-1;;;+1;;2*+2/p-1. The van der Waals surface area contributed by atoms with Crippen LogP contribution < -0.4 is 18.6 Å². The average molecular weight is 1710 g/mol. The first kappa shape index (κ1) is 79.9. The van der Waals surface area contributed by atoms with Crippen LogP contribution in [-0.2, 0) is 74.1 Å². The van der Waals surface area contributed by atoms with Gasteiger partial charge in [0.1, 0.15) is 11.6 Å². The first-order chi connectivity index (χ1) is 41.2. The quantitative estimate of drug-likeness (QED) is 0.0362. The van der Waals surface area contributed by atoms with Gasteiger partial charge in [-0.2, -0.15) is 0 Å². The summed E-state index contributed by atoms with van der Waals surface area (Å²) in [5.41, 5.74) is 3.47. The zero-order valence-corrected chi connectivity index (χ0v) is 53.4. The van der Waals surface area contributed by atoms with Crippen LogP contribution in [0, 0.1) is 106 Å². The SMILES string of the molecule is CC(C)=O.CC(C)=O.Fc1[c-]c(F)c(F)c(F)c1F.Fc1[c-]c(F)c(F)c(F)c1F.[Ag+].[C-]#[N+]c1ccc2ccccc2c1.[C-]#[N+]c1ccc2ccccc2c1.[O-][Cl+3]([O-])([O-])[O-].[Pt+2].[Pt+2].[c-]1cccc2ccc3cccnc3c12.[c-]1cccc2ccc3cccnc3c12. The van der Waals surface area contributed by atoms with Crippen LogP contribution in [0.3, 0.4) is 0 Å². The molecule has 0 aliphatic heterocycles. The number of carbonyl (C=O) groups is 2. The second-order valence-electron chi connectivity index (χ2n) is 17.4. The average Bonchev–Trinajstić information content (AvgIpc) is 3.03. The number of pyridine rings is 2. The van der Waals surface area contributed by atoms with E-state index in [2.05, 4.69) is 80.3 Å². The molecule has 10 aromatic carbocycles. The van der Waals surface area contributed by atoms with E-state index >= 15 is 0 Å². The van der Waals surface area contributed by atoms with E-state index in [0.29, 0.717) is 11.4 Å². The molecule has 0 amide bonds. The Bertz CT molecular complexity index is 3980. The van der Waals surface area contributed by atoms with Crippen LogP contribution in [0.1, 0.15) is 27.7 Å². The number of carbonyl (C=O) groups excluding carboxylic acids is 2. The molecule has 10 nitrogen and oxygen atoms in total. The summed E-state index contributed by atoms with van der Waals surface area (Å²) in [5, 5.41) is 11.6. The Morgan fingerprint density at radius 3 is 0.956 bits per heavy atom. The molecule has 0 fully saturated rings. The molecular weight excluding hydrogens is 1670 g/mol. The Hall–Kier alpha value is -8.07. The zero-order valence-electron chi connectivity index (χ0n) is 46.7. The summed E-state index contributed by atoms with van der Waals surface area (Å²) < 4.78 is 154. The van der Waals surface area contributed by atoms with Crippen molar-refractivity contribution >= 4 is 87.8 Å². The number of rotatable bonds is 0. The summed E-state index contributed by atoms with van der Waals surface area (Å²) >= 11 is 0. The van der Waals surface area contributed by atoms with Crippen molar-refractivity contribution in [3.8, 4) is 0 Å².